The molecule has 0 saturated heterocycles. The molecule has 0 aliphatic rings. The lowest BCUT2D eigenvalue weighted by molar-refractivity contribution is -0.125. The average molecular weight is 193 g/mol. The Balaban J connectivity index is 2.54. The van der Waals surface area contributed by atoms with Crippen molar-refractivity contribution in [1.82, 2.24) is 15.1 Å². The van der Waals surface area contributed by atoms with Gasteiger partial charge in [0.2, 0.25) is 5.91 Å². The molecule has 0 radical (unpaired) electrons. The number of aromatic amines is 1. The number of H-pyrrole nitrogens is 1. The van der Waals surface area contributed by atoms with Gasteiger partial charge in [-0.15, -0.1) is 0 Å². The van der Waals surface area contributed by atoms with Gasteiger partial charge < -0.3 is 4.90 Å². The summed E-state index contributed by atoms with van der Waals surface area (Å²) < 4.78 is 0. The molecule has 0 aliphatic heterocycles. The Morgan fingerprint density at radius 1 is 1.64 bits per heavy atom. The first-order valence-electron chi connectivity index (χ1n) is 4.47. The number of hydrogen-bond acceptors (Lipinski definition) is 2. The number of likely N-dealkylation sites (N-methyl/N-ethyl adjacent to an activating group) is 1. The zero-order chi connectivity index (χ0) is 10.6. The number of nitrogens with one attached hydrogen (secondary N) is 1. The zero-order valence-electron chi connectivity index (χ0n) is 8.74. The molecule has 0 aliphatic carbocycles. The molecule has 1 aromatic rings. The van der Waals surface area contributed by atoms with Gasteiger partial charge in [0.25, 0.3) is 0 Å². The maximum atomic E-state index is 11.5. The zero-order valence-corrected chi connectivity index (χ0v) is 8.74. The topological polar surface area (TPSA) is 49.0 Å². The minimum absolute atomic E-state index is 0.0196. The standard InChI is InChI=1S/C10H15N3O/c1-8(2)4-10(14)13(3)7-9-5-11-12-6-9/h4-6H,7H2,1-3H3,(H,11,12). The lowest BCUT2D eigenvalue weighted by Crippen LogP contribution is -2.24. The van der Waals surface area contributed by atoms with E-state index in [2.05, 4.69) is 10.2 Å². The van der Waals surface area contributed by atoms with Gasteiger partial charge in [-0.3, -0.25) is 9.89 Å². The van der Waals surface area contributed by atoms with E-state index in [4.69, 9.17) is 0 Å². The maximum absolute atomic E-state index is 11.5. The van der Waals surface area contributed by atoms with Crippen molar-refractivity contribution >= 4 is 5.91 Å². The summed E-state index contributed by atoms with van der Waals surface area (Å²) in [4.78, 5) is 13.1. The third-order valence-electron chi connectivity index (χ3n) is 1.76. The van der Waals surface area contributed by atoms with Gasteiger partial charge in [-0.25, -0.2) is 0 Å². The van der Waals surface area contributed by atoms with Crippen LogP contribution in [0.5, 0.6) is 0 Å². The van der Waals surface area contributed by atoms with E-state index in [9.17, 15) is 4.79 Å². The van der Waals surface area contributed by atoms with Gasteiger partial charge in [0.1, 0.15) is 0 Å². The van der Waals surface area contributed by atoms with Crippen molar-refractivity contribution in [2.75, 3.05) is 7.05 Å². The summed E-state index contributed by atoms with van der Waals surface area (Å²) in [6.07, 6.45) is 5.12. The monoisotopic (exact) mass is 193 g/mol. The highest BCUT2D eigenvalue weighted by Gasteiger charge is 2.06. The fraction of sp³-hybridized carbons (Fsp3) is 0.400. The van der Waals surface area contributed by atoms with Crippen LogP contribution in [0.4, 0.5) is 0 Å². The lowest BCUT2D eigenvalue weighted by atomic mass is 10.3. The first-order chi connectivity index (χ1) is 6.59. The molecule has 1 aromatic heterocycles. The molecule has 0 saturated carbocycles. The summed E-state index contributed by atoms with van der Waals surface area (Å²) in [7, 11) is 1.77. The van der Waals surface area contributed by atoms with Crippen molar-refractivity contribution in [1.29, 1.82) is 0 Å². The van der Waals surface area contributed by atoms with Gasteiger partial charge in [-0.1, -0.05) is 5.57 Å². The van der Waals surface area contributed by atoms with E-state index in [1.54, 1.807) is 30.4 Å². The van der Waals surface area contributed by atoms with Crippen molar-refractivity contribution < 1.29 is 4.79 Å². The maximum Gasteiger partial charge on any atom is 0.246 e. The summed E-state index contributed by atoms with van der Waals surface area (Å²) >= 11 is 0. The van der Waals surface area contributed by atoms with Crippen LogP contribution in [-0.4, -0.2) is 28.1 Å². The molecule has 1 heterocycles. The predicted octanol–water partition coefficient (Wildman–Crippen LogP) is 1.33. The van der Waals surface area contributed by atoms with Crippen LogP contribution in [0, 0.1) is 0 Å². The fourth-order valence-corrected chi connectivity index (χ4v) is 1.07. The van der Waals surface area contributed by atoms with Crippen LogP contribution < -0.4 is 0 Å². The second-order valence-electron chi connectivity index (χ2n) is 3.52. The highest BCUT2D eigenvalue weighted by atomic mass is 16.2. The van der Waals surface area contributed by atoms with Crippen molar-refractivity contribution in [3.63, 3.8) is 0 Å². The van der Waals surface area contributed by atoms with E-state index in [0.29, 0.717) is 6.54 Å². The molecule has 0 unspecified atom stereocenters. The van der Waals surface area contributed by atoms with Gasteiger partial charge in [-0.05, 0) is 13.8 Å². The smallest absolute Gasteiger partial charge is 0.246 e. The number of rotatable bonds is 3. The molecule has 4 heteroatoms. The summed E-state index contributed by atoms with van der Waals surface area (Å²) in [6, 6.07) is 0. The molecule has 0 fully saturated rings. The first-order valence-corrected chi connectivity index (χ1v) is 4.47. The molecular weight excluding hydrogens is 178 g/mol. The summed E-state index contributed by atoms with van der Waals surface area (Å²) in [5.74, 6) is 0.0196. The van der Waals surface area contributed by atoms with Crippen molar-refractivity contribution in [3.8, 4) is 0 Å². The van der Waals surface area contributed by atoms with Gasteiger partial charge in [-0.2, -0.15) is 5.10 Å². The largest absolute Gasteiger partial charge is 0.338 e. The van der Waals surface area contributed by atoms with Crippen LogP contribution in [-0.2, 0) is 11.3 Å². The molecule has 1 N–H and O–H groups in total. The highest BCUT2D eigenvalue weighted by Crippen LogP contribution is 2.01. The number of amides is 1. The predicted molar refractivity (Wildman–Crippen MR) is 54.5 cm³/mol. The van der Waals surface area contributed by atoms with E-state index in [-0.39, 0.29) is 5.91 Å². The molecule has 0 bridgehead atoms. The Morgan fingerprint density at radius 3 is 2.86 bits per heavy atom. The number of aromatic nitrogens is 2. The van der Waals surface area contributed by atoms with E-state index in [0.717, 1.165) is 11.1 Å². The van der Waals surface area contributed by atoms with E-state index in [1.807, 2.05) is 13.8 Å². The van der Waals surface area contributed by atoms with Gasteiger partial charge in [0.15, 0.2) is 0 Å². The fourth-order valence-electron chi connectivity index (χ4n) is 1.07. The molecule has 1 amide bonds. The Labute approximate surface area is 83.6 Å². The molecule has 76 valence electrons. The van der Waals surface area contributed by atoms with Gasteiger partial charge in [0.05, 0.1) is 6.20 Å². The van der Waals surface area contributed by atoms with Crippen molar-refractivity contribution in [2.45, 2.75) is 20.4 Å². The molecule has 14 heavy (non-hydrogen) atoms. The Morgan fingerprint density at radius 2 is 2.36 bits per heavy atom. The normalized spacial score (nSPS) is 9.64. The molecule has 0 atom stereocenters. The summed E-state index contributed by atoms with van der Waals surface area (Å²) in [5.41, 5.74) is 2.01. The van der Waals surface area contributed by atoms with Crippen LogP contribution in [0.25, 0.3) is 0 Å². The Bertz CT molecular complexity index is 323. The van der Waals surface area contributed by atoms with Crippen LogP contribution in [0.2, 0.25) is 0 Å². The molecule has 0 spiro atoms. The minimum atomic E-state index is 0.0196. The second-order valence-corrected chi connectivity index (χ2v) is 3.52. The number of allylic oxidation sites excluding steroid dienone is 1. The quantitative estimate of drug-likeness (QED) is 0.736. The van der Waals surface area contributed by atoms with E-state index in [1.165, 1.54) is 0 Å². The number of hydrogen-bond donors (Lipinski definition) is 1. The van der Waals surface area contributed by atoms with Crippen LogP contribution in [0.3, 0.4) is 0 Å². The molecule has 4 nitrogen and oxygen atoms in total. The Hall–Kier alpha value is -1.58. The summed E-state index contributed by atoms with van der Waals surface area (Å²) in [5, 5.41) is 6.53. The lowest BCUT2D eigenvalue weighted by Gasteiger charge is -2.13. The Kier molecular flexibility index (Phi) is 3.45. The van der Waals surface area contributed by atoms with Crippen LogP contribution in [0.15, 0.2) is 24.0 Å². The number of carbonyl (C=O) groups is 1. The second kappa shape index (κ2) is 4.60. The highest BCUT2D eigenvalue weighted by molar-refractivity contribution is 5.87. The van der Waals surface area contributed by atoms with Crippen LogP contribution in [0.1, 0.15) is 19.4 Å². The van der Waals surface area contributed by atoms with E-state index >= 15 is 0 Å². The van der Waals surface area contributed by atoms with Crippen LogP contribution >= 0.6 is 0 Å². The van der Waals surface area contributed by atoms with Gasteiger partial charge >= 0.3 is 0 Å². The average Bonchev–Trinajstić information content (AvgIpc) is 2.55. The number of nitrogens with zero attached hydrogens (tertiary/aromatic N) is 2. The molecule has 1 rings (SSSR count). The third-order valence-corrected chi connectivity index (χ3v) is 1.76. The third kappa shape index (κ3) is 3.05. The van der Waals surface area contributed by atoms with Crippen molar-refractivity contribution in [2.24, 2.45) is 0 Å². The first kappa shape index (κ1) is 10.5. The SMILES string of the molecule is CC(C)=CC(=O)N(C)Cc1cn[nH]c1. The molecular formula is C10H15N3O. The van der Waals surface area contributed by atoms with Gasteiger partial charge in [0, 0.05) is 31.4 Å². The number of carbonyl (C=O) groups excluding carboxylic acids is 1. The van der Waals surface area contributed by atoms with Crippen molar-refractivity contribution in [3.05, 3.63) is 29.6 Å². The minimum Gasteiger partial charge on any atom is -0.338 e. The molecule has 0 aromatic carbocycles. The van der Waals surface area contributed by atoms with E-state index < -0.39 is 0 Å². The summed E-state index contributed by atoms with van der Waals surface area (Å²) in [6.45, 7) is 4.40.